The van der Waals surface area contributed by atoms with Gasteiger partial charge in [-0.25, -0.2) is 0 Å². The normalized spacial score (nSPS) is 32.4. The zero-order valence-electron chi connectivity index (χ0n) is 8.13. The largest absolute Gasteiger partial charge is 0.457 e. The molecule has 2 rings (SSSR count). The van der Waals surface area contributed by atoms with Crippen LogP contribution in [0, 0.1) is 0 Å². The summed E-state index contributed by atoms with van der Waals surface area (Å²) in [4.78, 5) is 0. The van der Waals surface area contributed by atoms with Gasteiger partial charge in [-0.3, -0.25) is 0 Å². The lowest BCUT2D eigenvalue weighted by Gasteiger charge is -2.26. The van der Waals surface area contributed by atoms with Crippen LogP contribution in [0.3, 0.4) is 0 Å². The lowest BCUT2D eigenvalue weighted by Crippen LogP contribution is -2.47. The highest BCUT2D eigenvalue weighted by molar-refractivity contribution is 9.10. The van der Waals surface area contributed by atoms with Gasteiger partial charge in [-0.2, -0.15) is 0 Å². The molecular formula is C10H14BrNO2. The Bertz CT molecular complexity index is 326. The molecule has 0 radical (unpaired) electrons. The van der Waals surface area contributed by atoms with Crippen LogP contribution in [0.5, 0.6) is 0 Å². The van der Waals surface area contributed by atoms with Gasteiger partial charge in [-0.05, 0) is 47.3 Å². The van der Waals surface area contributed by atoms with E-state index in [0.29, 0.717) is 0 Å². The quantitative estimate of drug-likeness (QED) is 0.885. The molecule has 3 nitrogen and oxygen atoms in total. The van der Waals surface area contributed by atoms with Crippen LogP contribution < -0.4 is 5.73 Å². The van der Waals surface area contributed by atoms with E-state index < -0.39 is 0 Å². The van der Waals surface area contributed by atoms with Crippen molar-refractivity contribution in [1.82, 2.24) is 0 Å². The molecule has 0 bridgehead atoms. The SMILES string of the molecule is CC1OCCC1(N)Cc1coc(Br)c1. The van der Waals surface area contributed by atoms with Gasteiger partial charge in [0.1, 0.15) is 0 Å². The summed E-state index contributed by atoms with van der Waals surface area (Å²) in [7, 11) is 0. The van der Waals surface area contributed by atoms with Gasteiger partial charge in [0, 0.05) is 12.1 Å². The lowest BCUT2D eigenvalue weighted by molar-refractivity contribution is 0.0955. The molecule has 0 amide bonds. The molecule has 1 saturated heterocycles. The standard InChI is InChI=1S/C10H14BrNO2/c1-7-10(12,2-3-13-7)5-8-4-9(11)14-6-8/h4,6-7H,2-3,5,12H2,1H3. The summed E-state index contributed by atoms with van der Waals surface area (Å²) in [6, 6.07) is 1.96. The van der Waals surface area contributed by atoms with E-state index in [4.69, 9.17) is 14.9 Å². The summed E-state index contributed by atoms with van der Waals surface area (Å²) in [5, 5.41) is 0. The molecule has 2 atom stereocenters. The molecule has 0 aromatic carbocycles. The first-order valence-electron chi connectivity index (χ1n) is 4.73. The molecule has 2 N–H and O–H groups in total. The van der Waals surface area contributed by atoms with Crippen molar-refractivity contribution < 1.29 is 9.15 Å². The molecule has 0 saturated carbocycles. The number of furan rings is 1. The van der Waals surface area contributed by atoms with E-state index >= 15 is 0 Å². The Morgan fingerprint density at radius 1 is 1.71 bits per heavy atom. The molecular weight excluding hydrogens is 246 g/mol. The average Bonchev–Trinajstić information content (AvgIpc) is 2.62. The van der Waals surface area contributed by atoms with Crippen LogP contribution in [0.1, 0.15) is 18.9 Å². The van der Waals surface area contributed by atoms with Crippen LogP contribution in [-0.2, 0) is 11.2 Å². The maximum atomic E-state index is 6.26. The molecule has 1 aliphatic heterocycles. The van der Waals surface area contributed by atoms with Crippen LogP contribution in [0.4, 0.5) is 0 Å². The van der Waals surface area contributed by atoms with Crippen molar-refractivity contribution in [3.63, 3.8) is 0 Å². The van der Waals surface area contributed by atoms with Gasteiger partial charge < -0.3 is 14.9 Å². The highest BCUT2D eigenvalue weighted by atomic mass is 79.9. The molecule has 1 aliphatic rings. The Morgan fingerprint density at radius 3 is 3.00 bits per heavy atom. The Morgan fingerprint density at radius 2 is 2.50 bits per heavy atom. The van der Waals surface area contributed by atoms with Crippen LogP contribution in [0.15, 0.2) is 21.4 Å². The van der Waals surface area contributed by atoms with E-state index in [2.05, 4.69) is 15.9 Å². The number of hydrogen-bond donors (Lipinski definition) is 1. The van der Waals surface area contributed by atoms with Crippen molar-refractivity contribution in [3.05, 3.63) is 22.6 Å². The minimum absolute atomic E-state index is 0.121. The van der Waals surface area contributed by atoms with E-state index in [1.54, 1.807) is 6.26 Å². The summed E-state index contributed by atoms with van der Waals surface area (Å²) in [5.74, 6) is 0. The summed E-state index contributed by atoms with van der Waals surface area (Å²) >= 11 is 3.28. The van der Waals surface area contributed by atoms with Gasteiger partial charge in [-0.15, -0.1) is 0 Å². The van der Waals surface area contributed by atoms with Gasteiger partial charge in [-0.1, -0.05) is 0 Å². The number of nitrogens with two attached hydrogens (primary N) is 1. The molecule has 1 aromatic rings. The highest BCUT2D eigenvalue weighted by Gasteiger charge is 2.37. The van der Waals surface area contributed by atoms with Crippen LogP contribution in [-0.4, -0.2) is 18.2 Å². The highest BCUT2D eigenvalue weighted by Crippen LogP contribution is 2.28. The first kappa shape index (κ1) is 10.2. The average molecular weight is 260 g/mol. The maximum absolute atomic E-state index is 6.26. The summed E-state index contributed by atoms with van der Waals surface area (Å²) < 4.78 is 11.4. The van der Waals surface area contributed by atoms with Crippen molar-refractivity contribution in [1.29, 1.82) is 0 Å². The van der Waals surface area contributed by atoms with Crippen molar-refractivity contribution in [3.8, 4) is 0 Å². The smallest absolute Gasteiger partial charge is 0.169 e. The van der Waals surface area contributed by atoms with Gasteiger partial charge in [0.15, 0.2) is 4.67 Å². The third-order valence-corrected chi connectivity index (χ3v) is 3.32. The van der Waals surface area contributed by atoms with Gasteiger partial charge in [0.25, 0.3) is 0 Å². The zero-order chi connectivity index (χ0) is 10.2. The molecule has 2 heterocycles. The van der Waals surface area contributed by atoms with Crippen LogP contribution in [0.25, 0.3) is 0 Å². The lowest BCUT2D eigenvalue weighted by atomic mass is 9.87. The maximum Gasteiger partial charge on any atom is 0.169 e. The molecule has 2 unspecified atom stereocenters. The summed E-state index contributed by atoms with van der Waals surface area (Å²) in [5.41, 5.74) is 7.15. The predicted octanol–water partition coefficient (Wildman–Crippen LogP) is 2.09. The van der Waals surface area contributed by atoms with Crippen LogP contribution >= 0.6 is 15.9 Å². The third kappa shape index (κ3) is 1.87. The Kier molecular flexibility index (Phi) is 2.68. The van der Waals surface area contributed by atoms with E-state index in [0.717, 1.165) is 29.7 Å². The third-order valence-electron chi connectivity index (χ3n) is 2.90. The molecule has 0 aliphatic carbocycles. The molecule has 4 heteroatoms. The second kappa shape index (κ2) is 3.68. The number of hydrogen-bond acceptors (Lipinski definition) is 3. The molecule has 1 aromatic heterocycles. The predicted molar refractivity (Wildman–Crippen MR) is 57.1 cm³/mol. The number of ether oxygens (including phenoxy) is 1. The second-order valence-corrected chi connectivity index (χ2v) is 4.71. The molecule has 0 spiro atoms. The van der Waals surface area contributed by atoms with E-state index in [9.17, 15) is 0 Å². The van der Waals surface area contributed by atoms with Crippen molar-refractivity contribution >= 4 is 15.9 Å². The van der Waals surface area contributed by atoms with Crippen LogP contribution in [0.2, 0.25) is 0 Å². The van der Waals surface area contributed by atoms with Crippen molar-refractivity contribution in [2.24, 2.45) is 5.73 Å². The van der Waals surface area contributed by atoms with Crippen molar-refractivity contribution in [2.45, 2.75) is 31.4 Å². The van der Waals surface area contributed by atoms with E-state index in [-0.39, 0.29) is 11.6 Å². The Balaban J connectivity index is 2.10. The summed E-state index contributed by atoms with van der Waals surface area (Å²) in [6.45, 7) is 2.79. The molecule has 1 fully saturated rings. The fraction of sp³-hybridized carbons (Fsp3) is 0.600. The monoisotopic (exact) mass is 259 g/mol. The minimum Gasteiger partial charge on any atom is -0.457 e. The number of rotatable bonds is 2. The fourth-order valence-corrected chi connectivity index (χ4v) is 2.23. The first-order chi connectivity index (χ1) is 6.60. The Labute approximate surface area is 91.7 Å². The fourth-order valence-electron chi connectivity index (χ4n) is 1.85. The van der Waals surface area contributed by atoms with Gasteiger partial charge in [0.2, 0.25) is 0 Å². The van der Waals surface area contributed by atoms with Gasteiger partial charge >= 0.3 is 0 Å². The van der Waals surface area contributed by atoms with Crippen molar-refractivity contribution in [2.75, 3.05) is 6.61 Å². The summed E-state index contributed by atoms with van der Waals surface area (Å²) in [6.07, 6.45) is 3.58. The van der Waals surface area contributed by atoms with Gasteiger partial charge in [0.05, 0.1) is 12.4 Å². The second-order valence-electron chi connectivity index (χ2n) is 3.93. The topological polar surface area (TPSA) is 48.4 Å². The van der Waals surface area contributed by atoms with E-state index in [1.807, 2.05) is 13.0 Å². The number of halogens is 1. The first-order valence-corrected chi connectivity index (χ1v) is 5.53. The van der Waals surface area contributed by atoms with E-state index in [1.165, 1.54) is 0 Å². The minimum atomic E-state index is -0.233. The molecule has 14 heavy (non-hydrogen) atoms. The molecule has 78 valence electrons. The zero-order valence-corrected chi connectivity index (χ0v) is 9.71. The Hall–Kier alpha value is -0.320.